The monoisotopic (exact) mass is 259 g/mol. The first-order valence-corrected chi connectivity index (χ1v) is 6.76. The molecule has 1 N–H and O–H groups in total. The molecule has 102 valence electrons. The summed E-state index contributed by atoms with van der Waals surface area (Å²) in [5, 5.41) is 12.2. The van der Waals surface area contributed by atoms with Crippen LogP contribution in [0.3, 0.4) is 0 Å². The maximum atomic E-state index is 9.04. The van der Waals surface area contributed by atoms with Gasteiger partial charge in [-0.2, -0.15) is 5.26 Å². The summed E-state index contributed by atoms with van der Waals surface area (Å²) >= 11 is 0. The average Bonchev–Trinajstić information content (AvgIpc) is 2.91. The number of hydrogen-bond acceptors (Lipinski definition) is 5. The molecule has 0 spiro atoms. The Kier molecular flexibility index (Phi) is 3.89. The van der Waals surface area contributed by atoms with Crippen molar-refractivity contribution in [2.75, 3.05) is 17.3 Å². The van der Waals surface area contributed by atoms with Crippen LogP contribution < -0.4 is 10.2 Å². The molecule has 0 saturated heterocycles. The number of nitrogens with zero attached hydrogens (tertiary/aromatic N) is 4. The summed E-state index contributed by atoms with van der Waals surface area (Å²) in [6.45, 7) is 3.66. The Bertz CT molecular complexity index is 471. The minimum Gasteiger partial charge on any atom is -0.357 e. The Balaban J connectivity index is 2.13. The molecule has 0 unspecified atom stereocenters. The Labute approximate surface area is 114 Å². The Morgan fingerprint density at radius 3 is 2.68 bits per heavy atom. The van der Waals surface area contributed by atoms with Crippen LogP contribution in [0.5, 0.6) is 0 Å². The fourth-order valence-corrected chi connectivity index (χ4v) is 2.44. The molecule has 5 heteroatoms. The third kappa shape index (κ3) is 3.34. The molecule has 19 heavy (non-hydrogen) atoms. The van der Waals surface area contributed by atoms with Crippen molar-refractivity contribution in [2.45, 2.75) is 51.1 Å². The van der Waals surface area contributed by atoms with E-state index in [1.54, 1.807) is 6.33 Å². The summed E-state index contributed by atoms with van der Waals surface area (Å²) in [6, 6.07) is 4.70. The topological polar surface area (TPSA) is 64.8 Å². The molecule has 1 aliphatic carbocycles. The maximum Gasteiger partial charge on any atom is 0.134 e. The molecule has 0 aromatic carbocycles. The molecule has 0 bridgehead atoms. The summed E-state index contributed by atoms with van der Waals surface area (Å²) in [5.74, 6) is 1.61. The van der Waals surface area contributed by atoms with Gasteiger partial charge in [0, 0.05) is 19.2 Å². The van der Waals surface area contributed by atoms with Gasteiger partial charge in [-0.15, -0.1) is 0 Å². The molecular weight excluding hydrogens is 238 g/mol. The van der Waals surface area contributed by atoms with Gasteiger partial charge in [0.1, 0.15) is 23.5 Å². The molecular formula is C14H21N5. The fraction of sp³-hybridized carbons (Fsp3) is 0.643. The lowest BCUT2D eigenvalue weighted by molar-refractivity contribution is 0.645. The van der Waals surface area contributed by atoms with Gasteiger partial charge in [0.05, 0.1) is 6.07 Å². The van der Waals surface area contributed by atoms with Crippen molar-refractivity contribution in [1.29, 1.82) is 5.26 Å². The first-order valence-electron chi connectivity index (χ1n) is 6.76. The van der Waals surface area contributed by atoms with E-state index in [9.17, 15) is 0 Å². The highest BCUT2D eigenvalue weighted by atomic mass is 15.2. The highest BCUT2D eigenvalue weighted by Crippen LogP contribution is 2.26. The summed E-state index contributed by atoms with van der Waals surface area (Å²) in [5.41, 5.74) is -0.627. The molecule has 1 aliphatic rings. The van der Waals surface area contributed by atoms with Gasteiger partial charge in [0.2, 0.25) is 0 Å². The van der Waals surface area contributed by atoms with Gasteiger partial charge in [-0.05, 0) is 26.7 Å². The molecule has 0 aliphatic heterocycles. The normalized spacial score (nSPS) is 16.1. The Morgan fingerprint density at radius 2 is 2.05 bits per heavy atom. The lowest BCUT2D eigenvalue weighted by atomic mass is 10.1. The minimum atomic E-state index is -0.627. The van der Waals surface area contributed by atoms with E-state index in [1.807, 2.05) is 19.9 Å². The van der Waals surface area contributed by atoms with Gasteiger partial charge in [0.25, 0.3) is 0 Å². The quantitative estimate of drug-likeness (QED) is 0.900. The van der Waals surface area contributed by atoms with E-state index < -0.39 is 5.54 Å². The van der Waals surface area contributed by atoms with Crippen molar-refractivity contribution in [2.24, 2.45) is 0 Å². The summed E-state index contributed by atoms with van der Waals surface area (Å²) < 4.78 is 0. The number of rotatable bonds is 4. The van der Waals surface area contributed by atoms with E-state index in [1.165, 1.54) is 25.7 Å². The first-order chi connectivity index (χ1) is 9.02. The van der Waals surface area contributed by atoms with E-state index in [4.69, 9.17) is 5.26 Å². The zero-order valence-electron chi connectivity index (χ0n) is 11.8. The molecule has 0 radical (unpaired) electrons. The number of nitrogens with one attached hydrogen (secondary N) is 1. The molecule has 1 heterocycles. The van der Waals surface area contributed by atoms with Gasteiger partial charge >= 0.3 is 0 Å². The smallest absolute Gasteiger partial charge is 0.134 e. The van der Waals surface area contributed by atoms with Crippen LogP contribution in [0, 0.1) is 11.3 Å². The highest BCUT2D eigenvalue weighted by molar-refractivity contribution is 5.50. The standard InChI is InChI=1S/C14H21N5/c1-14(2,9-15)18-12-8-13(17-10-16-12)19(3)11-6-4-5-7-11/h8,10-11H,4-7H2,1-3H3,(H,16,17,18). The second-order valence-corrected chi connectivity index (χ2v) is 5.67. The van der Waals surface area contributed by atoms with Gasteiger partial charge < -0.3 is 10.2 Å². The van der Waals surface area contributed by atoms with E-state index in [0.717, 1.165) is 5.82 Å². The van der Waals surface area contributed by atoms with Gasteiger partial charge in [-0.3, -0.25) is 0 Å². The van der Waals surface area contributed by atoms with E-state index in [2.05, 4.69) is 33.3 Å². The average molecular weight is 259 g/mol. The fourth-order valence-electron chi connectivity index (χ4n) is 2.44. The largest absolute Gasteiger partial charge is 0.357 e. The second-order valence-electron chi connectivity index (χ2n) is 5.67. The van der Waals surface area contributed by atoms with Crippen molar-refractivity contribution < 1.29 is 0 Å². The van der Waals surface area contributed by atoms with Crippen molar-refractivity contribution in [3.8, 4) is 6.07 Å². The van der Waals surface area contributed by atoms with Crippen molar-refractivity contribution in [3.63, 3.8) is 0 Å². The molecule has 1 saturated carbocycles. The predicted octanol–water partition coefficient (Wildman–Crippen LogP) is 2.57. The minimum absolute atomic E-state index is 0.576. The zero-order valence-corrected chi connectivity index (χ0v) is 11.8. The highest BCUT2D eigenvalue weighted by Gasteiger charge is 2.22. The number of aromatic nitrogens is 2. The number of hydrogen-bond donors (Lipinski definition) is 1. The van der Waals surface area contributed by atoms with E-state index in [-0.39, 0.29) is 0 Å². The van der Waals surface area contributed by atoms with Crippen LogP contribution in [-0.4, -0.2) is 28.6 Å². The van der Waals surface area contributed by atoms with Crippen LogP contribution in [0.1, 0.15) is 39.5 Å². The second kappa shape index (κ2) is 5.43. The van der Waals surface area contributed by atoms with Crippen LogP contribution in [0.15, 0.2) is 12.4 Å². The van der Waals surface area contributed by atoms with E-state index in [0.29, 0.717) is 11.9 Å². The molecule has 0 amide bonds. The van der Waals surface area contributed by atoms with Crippen molar-refractivity contribution in [1.82, 2.24) is 9.97 Å². The van der Waals surface area contributed by atoms with Gasteiger partial charge in [0.15, 0.2) is 0 Å². The third-order valence-electron chi connectivity index (χ3n) is 3.61. The van der Waals surface area contributed by atoms with Gasteiger partial charge in [-0.1, -0.05) is 12.8 Å². The van der Waals surface area contributed by atoms with Crippen LogP contribution in [-0.2, 0) is 0 Å². The van der Waals surface area contributed by atoms with Crippen LogP contribution in [0.2, 0.25) is 0 Å². The summed E-state index contributed by atoms with van der Waals surface area (Å²) in [6.07, 6.45) is 6.61. The molecule has 2 rings (SSSR count). The molecule has 1 aromatic heterocycles. The van der Waals surface area contributed by atoms with Crippen molar-refractivity contribution >= 4 is 11.6 Å². The zero-order chi connectivity index (χ0) is 13.9. The van der Waals surface area contributed by atoms with Crippen LogP contribution in [0.4, 0.5) is 11.6 Å². The lowest BCUT2D eigenvalue weighted by Gasteiger charge is -2.26. The van der Waals surface area contributed by atoms with E-state index >= 15 is 0 Å². The first kappa shape index (κ1) is 13.6. The lowest BCUT2D eigenvalue weighted by Crippen LogP contribution is -2.31. The maximum absolute atomic E-state index is 9.04. The third-order valence-corrected chi connectivity index (χ3v) is 3.61. The van der Waals surface area contributed by atoms with Crippen LogP contribution in [0.25, 0.3) is 0 Å². The van der Waals surface area contributed by atoms with Gasteiger partial charge in [-0.25, -0.2) is 9.97 Å². The Hall–Kier alpha value is -1.83. The molecule has 1 fully saturated rings. The van der Waals surface area contributed by atoms with Crippen LogP contribution >= 0.6 is 0 Å². The summed E-state index contributed by atoms with van der Waals surface area (Å²) in [4.78, 5) is 10.7. The Morgan fingerprint density at radius 1 is 1.37 bits per heavy atom. The molecule has 1 aromatic rings. The summed E-state index contributed by atoms with van der Waals surface area (Å²) in [7, 11) is 2.08. The molecule has 0 atom stereocenters. The predicted molar refractivity (Wildman–Crippen MR) is 76.0 cm³/mol. The molecule has 5 nitrogen and oxygen atoms in total. The number of nitriles is 1. The van der Waals surface area contributed by atoms with Crippen molar-refractivity contribution in [3.05, 3.63) is 12.4 Å². The number of anilines is 2. The SMILES string of the molecule is CN(c1cc(NC(C)(C)C#N)ncn1)C1CCCC1.